The highest BCUT2D eigenvalue weighted by Gasteiger charge is 2.31. The van der Waals surface area contributed by atoms with Crippen molar-refractivity contribution in [3.63, 3.8) is 0 Å². The van der Waals surface area contributed by atoms with E-state index in [2.05, 4.69) is 21.3 Å². The molecule has 8 heteroatoms. The zero-order chi connectivity index (χ0) is 18.8. The van der Waals surface area contributed by atoms with Gasteiger partial charge in [-0.2, -0.15) is 0 Å². The standard InChI is InChI=1S/C17H24N4O4/c1-7-8-21(5)15-11(13-19-10(9-24-13)16(22)23-6)20-14(25-15)12(18)17(2,3)4/h7,9,12H,1,8,18H2,2-6H3/t12-/m1/s1. The highest BCUT2D eigenvalue weighted by atomic mass is 16.5. The smallest absolute Gasteiger partial charge is 0.360 e. The summed E-state index contributed by atoms with van der Waals surface area (Å²) in [5, 5.41) is 0. The lowest BCUT2D eigenvalue weighted by Gasteiger charge is -2.24. The predicted molar refractivity (Wildman–Crippen MR) is 93.2 cm³/mol. The molecule has 1 atom stereocenters. The molecule has 0 radical (unpaired) electrons. The molecule has 2 heterocycles. The fraction of sp³-hybridized carbons (Fsp3) is 0.471. The first-order chi connectivity index (χ1) is 11.7. The molecule has 2 aromatic heterocycles. The number of methoxy groups -OCH3 is 1. The van der Waals surface area contributed by atoms with E-state index in [1.54, 1.807) is 11.0 Å². The molecule has 0 aliphatic carbocycles. The second kappa shape index (κ2) is 7.10. The SMILES string of the molecule is C=CCN(C)c1oc([C@@H](N)C(C)(C)C)nc1-c1nc(C(=O)OC)co1. The Kier molecular flexibility index (Phi) is 5.32. The zero-order valence-electron chi connectivity index (χ0n) is 15.2. The number of carbonyl (C=O) groups excluding carboxylic acids is 1. The van der Waals surface area contributed by atoms with Gasteiger partial charge in [0.15, 0.2) is 11.4 Å². The van der Waals surface area contributed by atoms with Crippen LogP contribution in [0.5, 0.6) is 0 Å². The summed E-state index contributed by atoms with van der Waals surface area (Å²) in [6.45, 7) is 10.2. The summed E-state index contributed by atoms with van der Waals surface area (Å²) in [5.41, 5.74) is 6.44. The van der Waals surface area contributed by atoms with Crippen molar-refractivity contribution in [3.05, 3.63) is 30.5 Å². The first-order valence-corrected chi connectivity index (χ1v) is 7.81. The Bertz CT molecular complexity index is 757. The van der Waals surface area contributed by atoms with Gasteiger partial charge in [-0.25, -0.2) is 14.8 Å². The molecule has 136 valence electrons. The van der Waals surface area contributed by atoms with Crippen LogP contribution in [0.4, 0.5) is 5.88 Å². The lowest BCUT2D eigenvalue weighted by Crippen LogP contribution is -2.26. The summed E-state index contributed by atoms with van der Waals surface area (Å²) in [6.07, 6.45) is 2.95. The molecule has 0 amide bonds. The van der Waals surface area contributed by atoms with Crippen molar-refractivity contribution >= 4 is 11.9 Å². The fourth-order valence-electron chi connectivity index (χ4n) is 2.09. The van der Waals surface area contributed by atoms with Crippen molar-refractivity contribution < 1.29 is 18.4 Å². The third-order valence-corrected chi connectivity index (χ3v) is 3.68. The van der Waals surface area contributed by atoms with E-state index in [9.17, 15) is 4.79 Å². The van der Waals surface area contributed by atoms with Gasteiger partial charge in [0.05, 0.1) is 13.2 Å². The van der Waals surface area contributed by atoms with Crippen LogP contribution in [0.3, 0.4) is 0 Å². The molecule has 0 saturated heterocycles. The van der Waals surface area contributed by atoms with Crippen LogP contribution >= 0.6 is 0 Å². The lowest BCUT2D eigenvalue weighted by molar-refractivity contribution is 0.0594. The number of rotatable bonds is 6. The Morgan fingerprint density at radius 2 is 2.16 bits per heavy atom. The molecule has 0 aliphatic rings. The third-order valence-electron chi connectivity index (χ3n) is 3.68. The number of esters is 1. The average molecular weight is 348 g/mol. The first kappa shape index (κ1) is 18.7. The van der Waals surface area contributed by atoms with Crippen LogP contribution in [0.25, 0.3) is 11.6 Å². The summed E-state index contributed by atoms with van der Waals surface area (Å²) in [5.74, 6) is 0.368. The number of nitrogens with zero attached hydrogens (tertiary/aromatic N) is 3. The van der Waals surface area contributed by atoms with Crippen molar-refractivity contribution in [1.29, 1.82) is 0 Å². The summed E-state index contributed by atoms with van der Waals surface area (Å²) in [6, 6.07) is -0.424. The number of ether oxygens (including phenoxy) is 1. The van der Waals surface area contributed by atoms with Gasteiger partial charge in [-0.1, -0.05) is 26.8 Å². The molecule has 2 aromatic rings. The minimum absolute atomic E-state index is 0.0551. The fourth-order valence-corrected chi connectivity index (χ4v) is 2.09. The number of hydrogen-bond donors (Lipinski definition) is 1. The highest BCUT2D eigenvalue weighted by Crippen LogP contribution is 2.36. The van der Waals surface area contributed by atoms with Gasteiger partial charge in [-0.05, 0) is 5.41 Å². The molecule has 0 unspecified atom stereocenters. The van der Waals surface area contributed by atoms with Crippen LogP contribution in [0.15, 0.2) is 27.8 Å². The average Bonchev–Trinajstić information content (AvgIpc) is 3.19. The number of anilines is 1. The summed E-state index contributed by atoms with van der Waals surface area (Å²) in [7, 11) is 3.10. The van der Waals surface area contributed by atoms with E-state index < -0.39 is 12.0 Å². The van der Waals surface area contributed by atoms with Crippen LogP contribution in [-0.2, 0) is 4.74 Å². The quantitative estimate of drug-likeness (QED) is 0.627. The van der Waals surface area contributed by atoms with Crippen LogP contribution in [0, 0.1) is 5.41 Å². The molecule has 2 rings (SSSR count). The number of likely N-dealkylation sites (N-methyl/N-ethyl adjacent to an activating group) is 1. The number of nitrogens with two attached hydrogens (primary N) is 1. The maximum absolute atomic E-state index is 11.6. The van der Waals surface area contributed by atoms with Crippen LogP contribution in [0.2, 0.25) is 0 Å². The molecule has 0 spiro atoms. The van der Waals surface area contributed by atoms with E-state index in [1.165, 1.54) is 13.4 Å². The second-order valence-electron chi connectivity index (χ2n) is 6.75. The van der Waals surface area contributed by atoms with Crippen LogP contribution < -0.4 is 10.6 Å². The molecule has 0 bridgehead atoms. The van der Waals surface area contributed by atoms with Crippen molar-refractivity contribution in [2.75, 3.05) is 25.6 Å². The highest BCUT2D eigenvalue weighted by molar-refractivity contribution is 5.87. The zero-order valence-corrected chi connectivity index (χ0v) is 15.2. The maximum atomic E-state index is 11.6. The predicted octanol–water partition coefficient (Wildman–Crippen LogP) is 2.78. The minimum atomic E-state index is -0.592. The van der Waals surface area contributed by atoms with Gasteiger partial charge in [-0.15, -0.1) is 6.58 Å². The van der Waals surface area contributed by atoms with Gasteiger partial charge < -0.3 is 24.2 Å². The Balaban J connectivity index is 2.51. The Hall–Kier alpha value is -2.61. The van der Waals surface area contributed by atoms with E-state index in [0.29, 0.717) is 24.0 Å². The van der Waals surface area contributed by atoms with E-state index in [4.69, 9.17) is 14.6 Å². The van der Waals surface area contributed by atoms with Crippen molar-refractivity contribution in [1.82, 2.24) is 9.97 Å². The van der Waals surface area contributed by atoms with Crippen molar-refractivity contribution in [3.8, 4) is 11.6 Å². The van der Waals surface area contributed by atoms with E-state index in [1.807, 2.05) is 27.8 Å². The van der Waals surface area contributed by atoms with Crippen LogP contribution in [-0.4, -0.2) is 36.6 Å². The Morgan fingerprint density at radius 3 is 2.72 bits per heavy atom. The van der Waals surface area contributed by atoms with Crippen molar-refractivity contribution in [2.45, 2.75) is 26.8 Å². The monoisotopic (exact) mass is 348 g/mol. The third kappa shape index (κ3) is 3.90. The van der Waals surface area contributed by atoms with Gasteiger partial charge in [-0.3, -0.25) is 0 Å². The molecular formula is C17H24N4O4. The summed E-state index contributed by atoms with van der Waals surface area (Å²) in [4.78, 5) is 22.0. The largest absolute Gasteiger partial charge is 0.464 e. The summed E-state index contributed by atoms with van der Waals surface area (Å²) >= 11 is 0. The molecule has 0 aromatic carbocycles. The van der Waals surface area contributed by atoms with Gasteiger partial charge in [0.25, 0.3) is 5.89 Å². The lowest BCUT2D eigenvalue weighted by atomic mass is 9.87. The topological polar surface area (TPSA) is 108 Å². The number of hydrogen-bond acceptors (Lipinski definition) is 8. The molecular weight excluding hydrogens is 324 g/mol. The molecule has 8 nitrogen and oxygen atoms in total. The molecule has 0 aliphatic heterocycles. The van der Waals surface area contributed by atoms with E-state index >= 15 is 0 Å². The normalized spacial score (nSPS) is 12.7. The van der Waals surface area contributed by atoms with E-state index in [-0.39, 0.29) is 17.0 Å². The second-order valence-corrected chi connectivity index (χ2v) is 6.75. The Morgan fingerprint density at radius 1 is 1.48 bits per heavy atom. The first-order valence-electron chi connectivity index (χ1n) is 7.81. The number of aromatic nitrogens is 2. The van der Waals surface area contributed by atoms with Gasteiger partial charge in [0.2, 0.25) is 11.8 Å². The maximum Gasteiger partial charge on any atom is 0.360 e. The number of oxazole rings is 2. The molecule has 2 N–H and O–H groups in total. The van der Waals surface area contributed by atoms with Crippen molar-refractivity contribution in [2.24, 2.45) is 11.1 Å². The minimum Gasteiger partial charge on any atom is -0.464 e. The van der Waals surface area contributed by atoms with Gasteiger partial charge in [0.1, 0.15) is 6.26 Å². The van der Waals surface area contributed by atoms with E-state index in [0.717, 1.165) is 0 Å². The number of carbonyl (C=O) groups is 1. The van der Waals surface area contributed by atoms with Crippen LogP contribution in [0.1, 0.15) is 43.2 Å². The molecule has 0 fully saturated rings. The van der Waals surface area contributed by atoms with Gasteiger partial charge in [0, 0.05) is 13.6 Å². The Labute approximate surface area is 146 Å². The van der Waals surface area contributed by atoms with Gasteiger partial charge >= 0.3 is 5.97 Å². The summed E-state index contributed by atoms with van der Waals surface area (Å²) < 4.78 is 15.9. The molecule has 25 heavy (non-hydrogen) atoms. The molecule has 0 saturated carbocycles.